The third-order valence-electron chi connectivity index (χ3n) is 6.34. The number of carbonyl (C=O) groups is 5. The molecule has 1 N–H and O–H groups in total. The van der Waals surface area contributed by atoms with Crippen molar-refractivity contribution in [1.82, 2.24) is 9.80 Å². The van der Waals surface area contributed by atoms with Crippen LogP contribution < -0.4 is 5.32 Å². The van der Waals surface area contributed by atoms with E-state index in [9.17, 15) is 24.0 Å². The smallest absolute Gasteiger partial charge is 0.330 e. The molecule has 0 aliphatic carbocycles. The second-order valence-corrected chi connectivity index (χ2v) is 8.57. The van der Waals surface area contributed by atoms with Gasteiger partial charge in [-0.1, -0.05) is 32.4 Å². The summed E-state index contributed by atoms with van der Waals surface area (Å²) in [6.45, 7) is 7.99. The summed E-state index contributed by atoms with van der Waals surface area (Å²) >= 11 is 0. The summed E-state index contributed by atoms with van der Waals surface area (Å²) in [5.74, 6) is -3.00. The van der Waals surface area contributed by atoms with E-state index < -0.39 is 36.3 Å². The molecule has 0 bridgehead atoms. The molecule has 0 aromatic heterocycles. The first-order valence-corrected chi connectivity index (χ1v) is 12.1. The van der Waals surface area contributed by atoms with Crippen LogP contribution in [0.3, 0.4) is 0 Å². The average molecular weight is 494 g/mol. The second-order valence-electron chi connectivity index (χ2n) is 8.57. The second kappa shape index (κ2) is 11.6. The van der Waals surface area contributed by atoms with Crippen LogP contribution in [0.4, 0.5) is 5.69 Å². The Bertz CT molecular complexity index is 1120. The number of fused-ring (bicyclic) bond motifs is 1. The lowest BCUT2D eigenvalue weighted by molar-refractivity contribution is -0.152. The van der Waals surface area contributed by atoms with E-state index in [2.05, 4.69) is 5.32 Å². The highest BCUT2D eigenvalue weighted by molar-refractivity contribution is 6.22. The Morgan fingerprint density at radius 2 is 1.47 bits per heavy atom. The molecule has 0 spiro atoms. The Morgan fingerprint density at radius 1 is 0.917 bits per heavy atom. The van der Waals surface area contributed by atoms with Gasteiger partial charge >= 0.3 is 5.97 Å². The van der Waals surface area contributed by atoms with Crippen LogP contribution in [0.2, 0.25) is 0 Å². The number of imide groups is 1. The van der Waals surface area contributed by atoms with Crippen molar-refractivity contribution >= 4 is 35.3 Å². The van der Waals surface area contributed by atoms with E-state index in [1.54, 1.807) is 60.4 Å². The van der Waals surface area contributed by atoms with E-state index >= 15 is 0 Å². The summed E-state index contributed by atoms with van der Waals surface area (Å²) in [4.78, 5) is 66.2. The summed E-state index contributed by atoms with van der Waals surface area (Å²) in [5, 5.41) is 2.62. The van der Waals surface area contributed by atoms with Gasteiger partial charge < -0.3 is 15.0 Å². The third kappa shape index (κ3) is 5.45. The fourth-order valence-electron chi connectivity index (χ4n) is 4.08. The van der Waals surface area contributed by atoms with Gasteiger partial charge in [0.05, 0.1) is 11.1 Å². The Labute approximate surface area is 210 Å². The van der Waals surface area contributed by atoms with E-state index in [-0.39, 0.29) is 23.0 Å². The minimum Gasteiger partial charge on any atom is -0.454 e. The molecule has 9 heteroatoms. The van der Waals surface area contributed by atoms with Gasteiger partial charge in [0.1, 0.15) is 6.04 Å². The normalized spacial score (nSPS) is 14.2. The van der Waals surface area contributed by atoms with Crippen LogP contribution in [0, 0.1) is 5.92 Å². The van der Waals surface area contributed by atoms with Crippen molar-refractivity contribution in [3.8, 4) is 0 Å². The van der Waals surface area contributed by atoms with Crippen LogP contribution in [0.15, 0.2) is 48.5 Å². The van der Waals surface area contributed by atoms with Crippen LogP contribution in [-0.2, 0) is 14.3 Å². The molecule has 0 fully saturated rings. The van der Waals surface area contributed by atoms with Gasteiger partial charge in [-0.25, -0.2) is 4.79 Å². The Hall–Kier alpha value is -4.01. The highest BCUT2D eigenvalue weighted by Crippen LogP contribution is 2.28. The quantitative estimate of drug-likeness (QED) is 0.401. The molecule has 2 atom stereocenters. The molecule has 4 amide bonds. The molecule has 0 unspecified atom stereocenters. The number of esters is 1. The number of hydrogen-bond donors (Lipinski definition) is 1. The number of amides is 4. The molecule has 0 saturated heterocycles. The molecule has 190 valence electrons. The first-order valence-electron chi connectivity index (χ1n) is 12.1. The van der Waals surface area contributed by atoms with Crippen molar-refractivity contribution in [2.24, 2.45) is 5.92 Å². The lowest BCUT2D eigenvalue weighted by atomic mass is 9.97. The number of anilines is 1. The highest BCUT2D eigenvalue weighted by Gasteiger charge is 2.45. The van der Waals surface area contributed by atoms with E-state index in [0.29, 0.717) is 30.8 Å². The van der Waals surface area contributed by atoms with Crippen LogP contribution in [0.25, 0.3) is 0 Å². The minimum absolute atomic E-state index is 0.101. The lowest BCUT2D eigenvalue weighted by Gasteiger charge is -2.28. The average Bonchev–Trinajstić information content (AvgIpc) is 3.14. The molecule has 1 heterocycles. The molecule has 0 saturated carbocycles. The molecular formula is C27H31N3O6. The van der Waals surface area contributed by atoms with E-state index in [0.717, 1.165) is 4.90 Å². The van der Waals surface area contributed by atoms with Crippen molar-refractivity contribution in [2.75, 3.05) is 25.0 Å². The first-order chi connectivity index (χ1) is 17.2. The molecular weight excluding hydrogens is 462 g/mol. The molecule has 1 aliphatic heterocycles. The summed E-state index contributed by atoms with van der Waals surface area (Å²) < 4.78 is 5.23. The van der Waals surface area contributed by atoms with Gasteiger partial charge in [0, 0.05) is 24.3 Å². The molecule has 9 nitrogen and oxygen atoms in total. The molecule has 0 radical (unpaired) electrons. The Kier molecular flexibility index (Phi) is 8.58. The number of ether oxygens (including phenoxy) is 1. The summed E-state index contributed by atoms with van der Waals surface area (Å²) in [6.07, 6.45) is 0.512. The van der Waals surface area contributed by atoms with Gasteiger partial charge in [-0.3, -0.25) is 24.1 Å². The molecule has 2 aromatic rings. The molecule has 1 aliphatic rings. The Balaban J connectivity index is 1.64. The van der Waals surface area contributed by atoms with Crippen LogP contribution in [-0.4, -0.2) is 65.1 Å². The third-order valence-corrected chi connectivity index (χ3v) is 6.34. The zero-order chi connectivity index (χ0) is 26.4. The zero-order valence-electron chi connectivity index (χ0n) is 20.9. The van der Waals surface area contributed by atoms with Gasteiger partial charge in [-0.05, 0) is 56.2 Å². The number of nitrogens with zero attached hydrogens (tertiary/aromatic N) is 2. The monoisotopic (exact) mass is 493 g/mol. The predicted molar refractivity (Wildman–Crippen MR) is 133 cm³/mol. The van der Waals surface area contributed by atoms with Gasteiger partial charge in [0.15, 0.2) is 6.61 Å². The summed E-state index contributed by atoms with van der Waals surface area (Å²) in [6, 6.07) is 11.7. The molecule has 36 heavy (non-hydrogen) atoms. The number of nitrogens with one attached hydrogen (secondary N) is 1. The van der Waals surface area contributed by atoms with Crippen LogP contribution in [0.1, 0.15) is 65.2 Å². The summed E-state index contributed by atoms with van der Waals surface area (Å²) in [7, 11) is 0. The van der Waals surface area contributed by atoms with Crippen molar-refractivity contribution in [3.05, 3.63) is 65.2 Å². The van der Waals surface area contributed by atoms with Crippen LogP contribution in [0.5, 0.6) is 0 Å². The van der Waals surface area contributed by atoms with Gasteiger partial charge in [-0.15, -0.1) is 0 Å². The van der Waals surface area contributed by atoms with Gasteiger partial charge in [-0.2, -0.15) is 0 Å². The number of benzene rings is 2. The topological polar surface area (TPSA) is 113 Å². The lowest BCUT2D eigenvalue weighted by Crippen LogP contribution is -2.49. The fourth-order valence-corrected chi connectivity index (χ4v) is 4.08. The van der Waals surface area contributed by atoms with Crippen LogP contribution >= 0.6 is 0 Å². The number of carbonyl (C=O) groups excluding carboxylic acids is 5. The maximum absolute atomic E-state index is 13.0. The Morgan fingerprint density at radius 3 is 1.97 bits per heavy atom. The zero-order valence-corrected chi connectivity index (χ0v) is 20.9. The van der Waals surface area contributed by atoms with E-state index in [1.807, 2.05) is 20.8 Å². The highest BCUT2D eigenvalue weighted by atomic mass is 16.5. The minimum atomic E-state index is -1.15. The van der Waals surface area contributed by atoms with Crippen molar-refractivity contribution < 1.29 is 28.7 Å². The van der Waals surface area contributed by atoms with E-state index in [1.165, 1.54) is 0 Å². The van der Waals surface area contributed by atoms with E-state index in [4.69, 9.17) is 4.74 Å². The fraction of sp³-hybridized carbons (Fsp3) is 0.370. The van der Waals surface area contributed by atoms with Crippen molar-refractivity contribution in [2.45, 2.75) is 40.2 Å². The number of hydrogen-bond acceptors (Lipinski definition) is 6. The van der Waals surface area contributed by atoms with Gasteiger partial charge in [0.2, 0.25) is 0 Å². The maximum atomic E-state index is 13.0. The standard InChI is InChI=1S/C27H31N3O6/c1-5-17(4)23(30-25(33)20-10-8-9-11-21(20)26(30)34)27(35)36-16-22(31)28-19-14-12-18(13-15-19)24(32)29(6-2)7-3/h8-15,17,23H,5-7,16H2,1-4H3,(H,28,31)/t17-,23-/m0/s1. The molecule has 2 aromatic carbocycles. The van der Waals surface area contributed by atoms with Gasteiger partial charge in [0.25, 0.3) is 23.6 Å². The summed E-state index contributed by atoms with van der Waals surface area (Å²) in [5.41, 5.74) is 1.42. The largest absolute Gasteiger partial charge is 0.454 e. The molecule has 3 rings (SSSR count). The predicted octanol–water partition coefficient (Wildman–Crippen LogP) is 3.36. The SMILES string of the molecule is CC[C@H](C)[C@@H](C(=O)OCC(=O)Nc1ccc(C(=O)N(CC)CC)cc1)N1C(=O)c2ccccc2C1=O. The first kappa shape index (κ1) is 26.6. The van der Waals surface area contributed by atoms with Crippen molar-refractivity contribution in [3.63, 3.8) is 0 Å². The number of rotatable bonds is 10. The maximum Gasteiger partial charge on any atom is 0.330 e. The van der Waals surface area contributed by atoms with Crippen molar-refractivity contribution in [1.29, 1.82) is 0 Å².